The molecule has 0 saturated carbocycles. The summed E-state index contributed by atoms with van der Waals surface area (Å²) in [4.78, 5) is 24.6. The van der Waals surface area contributed by atoms with E-state index in [1.807, 2.05) is 34.9 Å². The van der Waals surface area contributed by atoms with Crippen LogP contribution in [0, 0.1) is 0 Å². The van der Waals surface area contributed by atoms with Crippen LogP contribution in [0.15, 0.2) is 73.4 Å². The van der Waals surface area contributed by atoms with E-state index in [1.54, 1.807) is 36.5 Å². The molecule has 1 heterocycles. The third-order valence-corrected chi connectivity index (χ3v) is 4.05. The van der Waals surface area contributed by atoms with Crippen molar-refractivity contribution in [3.05, 3.63) is 84.6 Å². The standard InChI is InChI=1S/C20H19N3O2/c1-2-12-23-13-16(15-10-6-7-11-17(15)23)20(25)22-18(19(21)24)14-8-4-3-5-9-14/h2-11,13,18H,1,12H2,(H2,21,24)(H,22,25)/t18-/m0/s1. The van der Waals surface area contributed by atoms with Crippen molar-refractivity contribution in [2.24, 2.45) is 5.73 Å². The molecular formula is C20H19N3O2. The lowest BCUT2D eigenvalue weighted by molar-refractivity contribution is -0.120. The zero-order valence-electron chi connectivity index (χ0n) is 13.7. The molecule has 0 fully saturated rings. The number of nitrogens with zero attached hydrogens (tertiary/aromatic N) is 1. The quantitative estimate of drug-likeness (QED) is 0.681. The maximum atomic E-state index is 12.8. The number of nitrogens with one attached hydrogen (secondary N) is 1. The van der Waals surface area contributed by atoms with Gasteiger partial charge in [-0.3, -0.25) is 9.59 Å². The molecule has 3 rings (SSSR count). The van der Waals surface area contributed by atoms with E-state index < -0.39 is 11.9 Å². The van der Waals surface area contributed by atoms with E-state index >= 15 is 0 Å². The molecule has 2 aromatic carbocycles. The van der Waals surface area contributed by atoms with Crippen LogP contribution in [0.25, 0.3) is 10.9 Å². The van der Waals surface area contributed by atoms with Crippen LogP contribution in [-0.2, 0) is 11.3 Å². The number of fused-ring (bicyclic) bond motifs is 1. The minimum absolute atomic E-state index is 0.341. The lowest BCUT2D eigenvalue weighted by Gasteiger charge is -2.15. The van der Waals surface area contributed by atoms with E-state index in [2.05, 4.69) is 11.9 Å². The molecule has 126 valence electrons. The van der Waals surface area contributed by atoms with Gasteiger partial charge in [-0.25, -0.2) is 0 Å². The van der Waals surface area contributed by atoms with Gasteiger partial charge in [0.2, 0.25) is 5.91 Å². The van der Waals surface area contributed by atoms with Gasteiger partial charge in [0.15, 0.2) is 0 Å². The Labute approximate surface area is 145 Å². The number of para-hydroxylation sites is 1. The van der Waals surface area contributed by atoms with E-state index in [0.717, 1.165) is 10.9 Å². The SMILES string of the molecule is C=CCn1cc(C(=O)N[C@H](C(N)=O)c2ccccc2)c2ccccc21. The third kappa shape index (κ3) is 3.30. The number of primary amides is 1. The molecule has 0 saturated heterocycles. The number of allylic oxidation sites excluding steroid dienone is 1. The predicted molar refractivity (Wildman–Crippen MR) is 98.0 cm³/mol. The summed E-state index contributed by atoms with van der Waals surface area (Å²) < 4.78 is 1.94. The van der Waals surface area contributed by atoms with Gasteiger partial charge in [-0.15, -0.1) is 6.58 Å². The van der Waals surface area contributed by atoms with Crippen molar-refractivity contribution in [2.75, 3.05) is 0 Å². The Morgan fingerprint density at radius 2 is 1.80 bits per heavy atom. The molecule has 5 nitrogen and oxygen atoms in total. The molecule has 0 aliphatic rings. The number of amides is 2. The third-order valence-electron chi connectivity index (χ3n) is 4.05. The summed E-state index contributed by atoms with van der Waals surface area (Å²) in [5.74, 6) is -0.943. The fourth-order valence-electron chi connectivity index (χ4n) is 2.89. The number of aromatic nitrogens is 1. The fraction of sp³-hybridized carbons (Fsp3) is 0.100. The highest BCUT2D eigenvalue weighted by molar-refractivity contribution is 6.08. The molecule has 5 heteroatoms. The van der Waals surface area contributed by atoms with Crippen LogP contribution in [0.2, 0.25) is 0 Å². The van der Waals surface area contributed by atoms with Gasteiger partial charge in [-0.2, -0.15) is 0 Å². The smallest absolute Gasteiger partial charge is 0.254 e. The first-order valence-corrected chi connectivity index (χ1v) is 7.95. The van der Waals surface area contributed by atoms with Gasteiger partial charge in [0.05, 0.1) is 5.56 Å². The van der Waals surface area contributed by atoms with Gasteiger partial charge in [0.1, 0.15) is 6.04 Å². The van der Waals surface area contributed by atoms with E-state index in [4.69, 9.17) is 5.73 Å². The molecule has 3 aromatic rings. The summed E-state index contributed by atoms with van der Waals surface area (Å²) in [7, 11) is 0. The van der Waals surface area contributed by atoms with E-state index in [-0.39, 0.29) is 5.91 Å². The van der Waals surface area contributed by atoms with Gasteiger partial charge in [0.25, 0.3) is 5.91 Å². The number of nitrogens with two attached hydrogens (primary N) is 1. The Hall–Kier alpha value is -3.34. The molecule has 0 unspecified atom stereocenters. The first-order chi connectivity index (χ1) is 12.1. The maximum Gasteiger partial charge on any atom is 0.254 e. The van der Waals surface area contributed by atoms with E-state index in [9.17, 15) is 9.59 Å². The number of carbonyl (C=O) groups excluding carboxylic acids is 2. The lowest BCUT2D eigenvalue weighted by atomic mass is 10.1. The second-order valence-corrected chi connectivity index (χ2v) is 5.72. The predicted octanol–water partition coefficient (Wildman–Crippen LogP) is 2.78. The van der Waals surface area contributed by atoms with Crippen molar-refractivity contribution in [3.63, 3.8) is 0 Å². The van der Waals surface area contributed by atoms with Crippen LogP contribution in [0.4, 0.5) is 0 Å². The van der Waals surface area contributed by atoms with Gasteiger partial charge >= 0.3 is 0 Å². The molecule has 2 amide bonds. The number of hydrogen-bond donors (Lipinski definition) is 2. The van der Waals surface area contributed by atoms with Crippen molar-refractivity contribution in [3.8, 4) is 0 Å². The molecular weight excluding hydrogens is 314 g/mol. The molecule has 0 radical (unpaired) electrons. The number of hydrogen-bond acceptors (Lipinski definition) is 2. The second-order valence-electron chi connectivity index (χ2n) is 5.72. The molecule has 0 aliphatic heterocycles. The normalized spacial score (nSPS) is 11.8. The average molecular weight is 333 g/mol. The largest absolute Gasteiger partial charge is 0.368 e. The highest BCUT2D eigenvalue weighted by atomic mass is 16.2. The summed E-state index contributed by atoms with van der Waals surface area (Å²) in [6.07, 6.45) is 3.54. The molecule has 0 spiro atoms. The van der Waals surface area contributed by atoms with Crippen molar-refractivity contribution in [2.45, 2.75) is 12.6 Å². The minimum Gasteiger partial charge on any atom is -0.368 e. The maximum absolute atomic E-state index is 12.8. The van der Waals surface area contributed by atoms with Crippen LogP contribution < -0.4 is 11.1 Å². The van der Waals surface area contributed by atoms with Crippen LogP contribution in [0.3, 0.4) is 0 Å². The highest BCUT2D eigenvalue weighted by Gasteiger charge is 2.23. The second kappa shape index (κ2) is 7.05. The van der Waals surface area contributed by atoms with Crippen molar-refractivity contribution in [1.29, 1.82) is 0 Å². The molecule has 1 aromatic heterocycles. The molecule has 25 heavy (non-hydrogen) atoms. The van der Waals surface area contributed by atoms with Gasteiger partial charge in [-0.1, -0.05) is 54.6 Å². The zero-order chi connectivity index (χ0) is 17.8. The van der Waals surface area contributed by atoms with E-state index in [1.165, 1.54) is 0 Å². The Kier molecular flexibility index (Phi) is 4.66. The van der Waals surface area contributed by atoms with Crippen LogP contribution in [0.5, 0.6) is 0 Å². The van der Waals surface area contributed by atoms with Crippen molar-refractivity contribution < 1.29 is 9.59 Å². The summed E-state index contributed by atoms with van der Waals surface area (Å²) in [5, 5.41) is 3.56. The van der Waals surface area contributed by atoms with Crippen LogP contribution in [-0.4, -0.2) is 16.4 Å². The number of carbonyl (C=O) groups is 2. The highest BCUT2D eigenvalue weighted by Crippen LogP contribution is 2.22. The molecule has 0 bridgehead atoms. The Morgan fingerprint density at radius 1 is 1.12 bits per heavy atom. The Bertz CT molecular complexity index is 929. The topological polar surface area (TPSA) is 77.1 Å². The van der Waals surface area contributed by atoms with E-state index in [0.29, 0.717) is 17.7 Å². The average Bonchev–Trinajstić information content (AvgIpc) is 2.99. The number of benzene rings is 2. The van der Waals surface area contributed by atoms with Gasteiger partial charge < -0.3 is 15.6 Å². The van der Waals surface area contributed by atoms with Crippen LogP contribution in [0.1, 0.15) is 22.0 Å². The number of rotatable bonds is 6. The minimum atomic E-state index is -0.879. The van der Waals surface area contributed by atoms with Crippen molar-refractivity contribution in [1.82, 2.24) is 9.88 Å². The van der Waals surface area contributed by atoms with Gasteiger partial charge in [-0.05, 0) is 11.6 Å². The Morgan fingerprint density at radius 3 is 2.48 bits per heavy atom. The summed E-state index contributed by atoms with van der Waals surface area (Å²) in [5.41, 5.74) is 7.57. The summed E-state index contributed by atoms with van der Waals surface area (Å²) >= 11 is 0. The first kappa shape index (κ1) is 16.5. The summed E-state index contributed by atoms with van der Waals surface area (Å²) in [6, 6.07) is 15.7. The molecule has 1 atom stereocenters. The van der Waals surface area contributed by atoms with Crippen LogP contribution >= 0.6 is 0 Å². The summed E-state index contributed by atoms with van der Waals surface area (Å²) in [6.45, 7) is 4.33. The van der Waals surface area contributed by atoms with Gasteiger partial charge in [0, 0.05) is 23.6 Å². The first-order valence-electron chi connectivity index (χ1n) is 7.95. The fourth-order valence-corrected chi connectivity index (χ4v) is 2.89. The Balaban J connectivity index is 1.96. The molecule has 0 aliphatic carbocycles. The lowest BCUT2D eigenvalue weighted by Crippen LogP contribution is -2.37. The monoisotopic (exact) mass is 333 g/mol. The van der Waals surface area contributed by atoms with Crippen molar-refractivity contribution >= 4 is 22.7 Å². The molecule has 3 N–H and O–H groups in total. The zero-order valence-corrected chi connectivity index (χ0v) is 13.7.